The molecule has 0 amide bonds. The number of carbonyl (C=O) groups excluding carboxylic acids is 1. The lowest BCUT2D eigenvalue weighted by Gasteiger charge is -2.11. The number of carbonyl (C=O) groups is 1. The Balaban J connectivity index is 2.95. The number of nitrogens with zero attached hydrogens (tertiary/aromatic N) is 1. The molecule has 0 radical (unpaired) electrons. The molecule has 0 fully saturated rings. The molecule has 1 aromatic heterocycles. The van der Waals surface area contributed by atoms with Crippen molar-refractivity contribution in [1.29, 1.82) is 0 Å². The molecule has 2 nitrogen and oxygen atoms in total. The largest absolute Gasteiger partial charge is 0.302 e. The number of hydrogen-bond donors (Lipinski definition) is 0. The number of hydrogen-bond acceptors (Lipinski definition) is 3. The van der Waals surface area contributed by atoms with Crippen LogP contribution < -0.4 is 0 Å². The summed E-state index contributed by atoms with van der Waals surface area (Å²) in [6, 6.07) is 0. The third-order valence-electron chi connectivity index (χ3n) is 1.53. The summed E-state index contributed by atoms with van der Waals surface area (Å²) in [5.41, 5.74) is 0.551. The summed E-state index contributed by atoms with van der Waals surface area (Å²) >= 11 is 4.85. The van der Waals surface area contributed by atoms with Crippen LogP contribution in [0.5, 0.6) is 0 Å². The van der Waals surface area contributed by atoms with E-state index >= 15 is 0 Å². The molecule has 0 saturated carbocycles. The number of alkyl halides is 1. The van der Waals surface area contributed by atoms with Gasteiger partial charge in [-0.3, -0.25) is 0 Å². The predicted molar refractivity (Wildman–Crippen MR) is 53.8 cm³/mol. The minimum Gasteiger partial charge on any atom is -0.302 e. The fourth-order valence-corrected chi connectivity index (χ4v) is 2.12. The van der Waals surface area contributed by atoms with Crippen molar-refractivity contribution in [2.24, 2.45) is 0 Å². The van der Waals surface area contributed by atoms with Gasteiger partial charge < -0.3 is 4.79 Å². The van der Waals surface area contributed by atoms with Crippen LogP contribution in [0.25, 0.3) is 0 Å². The first-order valence-corrected chi connectivity index (χ1v) is 5.57. The third kappa shape index (κ3) is 1.93. The lowest BCUT2D eigenvalue weighted by atomic mass is 9.97. The van der Waals surface area contributed by atoms with Crippen molar-refractivity contribution >= 4 is 33.6 Å². The highest BCUT2D eigenvalue weighted by Crippen LogP contribution is 2.24. The van der Waals surface area contributed by atoms with E-state index in [0.29, 0.717) is 0 Å². The first-order chi connectivity index (χ1) is 5.60. The first kappa shape index (κ1) is 9.86. The second kappa shape index (κ2) is 3.66. The Hall–Kier alpha value is -0.220. The Morgan fingerprint density at radius 1 is 1.75 bits per heavy atom. The third-order valence-corrected chi connectivity index (χ3v) is 3.34. The number of rotatable bonds is 3. The standard InChI is InChI=1S/C8H10BrNOS/c1-8(2,5-11)7-10-6(3-9)4-12-7/h4-5H,3H2,1-2H3. The molecule has 0 aliphatic rings. The summed E-state index contributed by atoms with van der Waals surface area (Å²) in [4.78, 5) is 15.0. The molecule has 0 aliphatic heterocycles. The van der Waals surface area contributed by atoms with Gasteiger partial charge in [-0.15, -0.1) is 11.3 Å². The topological polar surface area (TPSA) is 30.0 Å². The van der Waals surface area contributed by atoms with Gasteiger partial charge in [-0.1, -0.05) is 15.9 Å². The molecule has 0 N–H and O–H groups in total. The number of halogens is 1. The molecule has 0 saturated heterocycles. The quantitative estimate of drug-likeness (QED) is 0.607. The molecule has 0 spiro atoms. The van der Waals surface area contributed by atoms with Gasteiger partial charge in [0, 0.05) is 10.7 Å². The van der Waals surface area contributed by atoms with E-state index in [1.54, 1.807) is 0 Å². The van der Waals surface area contributed by atoms with Gasteiger partial charge in [0.1, 0.15) is 11.3 Å². The molecule has 0 aromatic carbocycles. The predicted octanol–water partition coefficient (Wildman–Crippen LogP) is 2.51. The Bertz CT molecular complexity index is 282. The van der Waals surface area contributed by atoms with Crippen LogP contribution in [0.15, 0.2) is 5.38 Å². The number of thiazole rings is 1. The molecule has 4 heteroatoms. The zero-order valence-corrected chi connectivity index (χ0v) is 9.41. The average molecular weight is 248 g/mol. The monoisotopic (exact) mass is 247 g/mol. The van der Waals surface area contributed by atoms with E-state index in [-0.39, 0.29) is 0 Å². The smallest absolute Gasteiger partial charge is 0.132 e. The van der Waals surface area contributed by atoms with Crippen LogP contribution in [0.2, 0.25) is 0 Å². The molecule has 1 rings (SSSR count). The van der Waals surface area contributed by atoms with Gasteiger partial charge in [0.2, 0.25) is 0 Å². The zero-order chi connectivity index (χ0) is 9.19. The van der Waals surface area contributed by atoms with Crippen molar-refractivity contribution in [1.82, 2.24) is 4.98 Å². The Kier molecular flexibility index (Phi) is 3.01. The van der Waals surface area contributed by atoms with Crippen LogP contribution in [-0.4, -0.2) is 11.3 Å². The maximum absolute atomic E-state index is 10.7. The summed E-state index contributed by atoms with van der Waals surface area (Å²) in [5, 5.41) is 3.60. The fraction of sp³-hybridized carbons (Fsp3) is 0.500. The zero-order valence-electron chi connectivity index (χ0n) is 7.00. The van der Waals surface area contributed by atoms with E-state index in [1.807, 2.05) is 19.2 Å². The van der Waals surface area contributed by atoms with Gasteiger partial charge in [-0.25, -0.2) is 4.98 Å². The van der Waals surface area contributed by atoms with E-state index in [1.165, 1.54) is 11.3 Å². The second-order valence-corrected chi connectivity index (χ2v) is 4.54. The molecule has 1 aromatic rings. The van der Waals surface area contributed by atoms with Gasteiger partial charge in [-0.05, 0) is 13.8 Å². The van der Waals surface area contributed by atoms with Crippen LogP contribution >= 0.6 is 27.3 Å². The van der Waals surface area contributed by atoms with E-state index in [0.717, 1.165) is 22.3 Å². The molecule has 1 heterocycles. The highest BCUT2D eigenvalue weighted by atomic mass is 79.9. The summed E-state index contributed by atoms with van der Waals surface area (Å²) < 4.78 is 0. The van der Waals surface area contributed by atoms with Crippen molar-refractivity contribution in [3.05, 3.63) is 16.1 Å². The van der Waals surface area contributed by atoms with Crippen molar-refractivity contribution in [3.8, 4) is 0 Å². The maximum atomic E-state index is 10.7. The normalized spacial score (nSPS) is 11.6. The second-order valence-electron chi connectivity index (χ2n) is 3.12. The molecule has 0 atom stereocenters. The van der Waals surface area contributed by atoms with Crippen molar-refractivity contribution < 1.29 is 4.79 Å². The van der Waals surface area contributed by atoms with Crippen LogP contribution in [0.3, 0.4) is 0 Å². The Morgan fingerprint density at radius 3 is 2.83 bits per heavy atom. The first-order valence-electron chi connectivity index (χ1n) is 3.57. The summed E-state index contributed by atoms with van der Waals surface area (Å²) in [7, 11) is 0. The van der Waals surface area contributed by atoms with Gasteiger partial charge in [0.25, 0.3) is 0 Å². The van der Waals surface area contributed by atoms with Crippen LogP contribution in [-0.2, 0) is 15.5 Å². The maximum Gasteiger partial charge on any atom is 0.132 e. The molecular weight excluding hydrogens is 238 g/mol. The van der Waals surface area contributed by atoms with Crippen molar-refractivity contribution in [2.45, 2.75) is 24.6 Å². The Labute approximate surface area is 84.1 Å². The molecule has 12 heavy (non-hydrogen) atoms. The minimum atomic E-state index is -0.439. The molecule has 0 aliphatic carbocycles. The highest BCUT2D eigenvalue weighted by molar-refractivity contribution is 9.08. The van der Waals surface area contributed by atoms with E-state index < -0.39 is 5.41 Å². The summed E-state index contributed by atoms with van der Waals surface area (Å²) in [5.74, 6) is 0. The van der Waals surface area contributed by atoms with Crippen LogP contribution in [0, 0.1) is 0 Å². The van der Waals surface area contributed by atoms with Gasteiger partial charge in [0.05, 0.1) is 11.1 Å². The summed E-state index contributed by atoms with van der Waals surface area (Å²) in [6.07, 6.45) is 0.934. The van der Waals surface area contributed by atoms with E-state index in [2.05, 4.69) is 20.9 Å². The van der Waals surface area contributed by atoms with Crippen LogP contribution in [0.4, 0.5) is 0 Å². The number of aromatic nitrogens is 1. The minimum absolute atomic E-state index is 0.439. The van der Waals surface area contributed by atoms with Gasteiger partial charge >= 0.3 is 0 Å². The molecule has 66 valence electrons. The summed E-state index contributed by atoms with van der Waals surface area (Å²) in [6.45, 7) is 3.74. The van der Waals surface area contributed by atoms with Crippen molar-refractivity contribution in [2.75, 3.05) is 0 Å². The number of aldehydes is 1. The molecule has 0 unspecified atom stereocenters. The SMILES string of the molecule is CC(C)(C=O)c1nc(CBr)cs1. The van der Waals surface area contributed by atoms with Gasteiger partial charge in [-0.2, -0.15) is 0 Å². The van der Waals surface area contributed by atoms with E-state index in [4.69, 9.17) is 0 Å². The lowest BCUT2D eigenvalue weighted by molar-refractivity contribution is -0.111. The Morgan fingerprint density at radius 2 is 2.42 bits per heavy atom. The highest BCUT2D eigenvalue weighted by Gasteiger charge is 2.23. The average Bonchev–Trinajstić information content (AvgIpc) is 2.52. The van der Waals surface area contributed by atoms with Gasteiger partial charge in [0.15, 0.2) is 0 Å². The fourth-order valence-electron chi connectivity index (χ4n) is 0.715. The van der Waals surface area contributed by atoms with Crippen LogP contribution in [0.1, 0.15) is 24.5 Å². The molecular formula is C8H10BrNOS. The lowest BCUT2D eigenvalue weighted by Crippen LogP contribution is -2.18. The molecule has 0 bridgehead atoms. The van der Waals surface area contributed by atoms with E-state index in [9.17, 15) is 4.79 Å². The van der Waals surface area contributed by atoms with Crippen molar-refractivity contribution in [3.63, 3.8) is 0 Å².